The zero-order valence-electron chi connectivity index (χ0n) is 18.0. The molecule has 0 saturated heterocycles. The number of carboxylic acid groups (broad SMARTS) is 1. The smallest absolute Gasteiger partial charge is 0.341 e. The number of halogens is 1. The number of fused-ring (bicyclic) bond motifs is 1. The number of rotatable bonds is 6. The Bertz CT molecular complexity index is 1200. The summed E-state index contributed by atoms with van der Waals surface area (Å²) >= 11 is 0. The predicted octanol–water partition coefficient (Wildman–Crippen LogP) is 4.57. The van der Waals surface area contributed by atoms with Crippen LogP contribution in [0.5, 0.6) is 5.75 Å². The SMILES string of the molecule is O=C(O)COc1ccc(F)cc1[C@@H]1c2ccccc2CCN1C(=O)[C@H]1C[C@@H]1c1ccccc1. The van der Waals surface area contributed by atoms with Crippen molar-refractivity contribution in [2.24, 2.45) is 5.92 Å². The Balaban J connectivity index is 1.52. The van der Waals surface area contributed by atoms with Crippen LogP contribution in [0.4, 0.5) is 4.39 Å². The first-order chi connectivity index (χ1) is 16.0. The summed E-state index contributed by atoms with van der Waals surface area (Å²) in [5, 5.41) is 9.08. The maximum absolute atomic E-state index is 14.4. The van der Waals surface area contributed by atoms with Crippen molar-refractivity contribution in [2.75, 3.05) is 13.2 Å². The third kappa shape index (κ3) is 4.21. The van der Waals surface area contributed by atoms with Crippen LogP contribution in [0.1, 0.15) is 40.6 Å². The molecule has 3 aromatic carbocycles. The van der Waals surface area contributed by atoms with Crippen molar-refractivity contribution in [3.8, 4) is 5.75 Å². The Hall–Kier alpha value is -3.67. The third-order valence-electron chi connectivity index (χ3n) is 6.52. The second-order valence-electron chi connectivity index (χ2n) is 8.61. The number of carboxylic acids is 1. The minimum Gasteiger partial charge on any atom is -0.482 e. The molecule has 1 aliphatic heterocycles. The van der Waals surface area contributed by atoms with Gasteiger partial charge in [-0.05, 0) is 53.6 Å². The van der Waals surface area contributed by atoms with Gasteiger partial charge in [0.25, 0.3) is 0 Å². The molecule has 1 amide bonds. The highest BCUT2D eigenvalue weighted by Gasteiger charge is 2.48. The van der Waals surface area contributed by atoms with E-state index < -0.39 is 24.4 Å². The van der Waals surface area contributed by atoms with Gasteiger partial charge in [0.05, 0.1) is 6.04 Å². The molecule has 0 unspecified atom stereocenters. The third-order valence-corrected chi connectivity index (χ3v) is 6.52. The first-order valence-electron chi connectivity index (χ1n) is 11.1. The van der Waals surface area contributed by atoms with Gasteiger partial charge in [0, 0.05) is 18.0 Å². The molecule has 3 atom stereocenters. The van der Waals surface area contributed by atoms with E-state index in [1.54, 1.807) is 0 Å². The van der Waals surface area contributed by atoms with Crippen molar-refractivity contribution in [3.63, 3.8) is 0 Å². The summed E-state index contributed by atoms with van der Waals surface area (Å²) in [4.78, 5) is 26.6. The molecule has 5 rings (SSSR count). The van der Waals surface area contributed by atoms with Crippen molar-refractivity contribution in [1.29, 1.82) is 0 Å². The zero-order chi connectivity index (χ0) is 22.9. The first kappa shape index (κ1) is 21.2. The standard InChI is InChI=1S/C27H24FNO4/c28-19-10-11-24(33-16-25(30)31)23(14-19)26-20-9-5-4-8-18(20)12-13-29(26)27(32)22-15-21(22)17-6-2-1-3-7-17/h1-11,14,21-22,26H,12-13,15-16H2,(H,30,31)/t21-,22+,26+/m1/s1. The average Bonchev–Trinajstić information content (AvgIpc) is 3.63. The maximum atomic E-state index is 14.4. The first-order valence-corrected chi connectivity index (χ1v) is 11.1. The molecular formula is C27H24FNO4. The van der Waals surface area contributed by atoms with Gasteiger partial charge in [-0.3, -0.25) is 4.79 Å². The van der Waals surface area contributed by atoms with E-state index in [1.807, 2.05) is 59.5 Å². The molecule has 0 bridgehead atoms. The normalized spacial score (nSPS) is 21.2. The van der Waals surface area contributed by atoms with Gasteiger partial charge in [-0.2, -0.15) is 0 Å². The van der Waals surface area contributed by atoms with Crippen LogP contribution < -0.4 is 4.74 Å². The largest absolute Gasteiger partial charge is 0.482 e. The van der Waals surface area contributed by atoms with Gasteiger partial charge in [-0.1, -0.05) is 54.6 Å². The van der Waals surface area contributed by atoms with Crippen LogP contribution in [0.3, 0.4) is 0 Å². The van der Waals surface area contributed by atoms with Crippen LogP contribution in [-0.2, 0) is 16.0 Å². The van der Waals surface area contributed by atoms with Crippen LogP contribution in [-0.4, -0.2) is 35.0 Å². The fourth-order valence-corrected chi connectivity index (χ4v) is 4.89. The van der Waals surface area contributed by atoms with E-state index in [0.717, 1.165) is 23.1 Å². The lowest BCUT2D eigenvalue weighted by Gasteiger charge is -2.38. The molecule has 1 saturated carbocycles. The lowest BCUT2D eigenvalue weighted by Crippen LogP contribution is -2.41. The van der Waals surface area contributed by atoms with E-state index in [1.165, 1.54) is 18.2 Å². The van der Waals surface area contributed by atoms with Gasteiger partial charge >= 0.3 is 5.97 Å². The van der Waals surface area contributed by atoms with Gasteiger partial charge in [-0.15, -0.1) is 0 Å². The Kier molecular flexibility index (Phi) is 5.58. The molecule has 0 aromatic heterocycles. The Morgan fingerprint density at radius 3 is 2.55 bits per heavy atom. The topological polar surface area (TPSA) is 66.8 Å². The Morgan fingerprint density at radius 2 is 1.76 bits per heavy atom. The molecule has 0 radical (unpaired) electrons. The van der Waals surface area contributed by atoms with Crippen LogP contribution in [0.2, 0.25) is 0 Å². The fraction of sp³-hybridized carbons (Fsp3) is 0.259. The van der Waals surface area contributed by atoms with E-state index in [-0.39, 0.29) is 23.5 Å². The Labute approximate surface area is 191 Å². The summed E-state index contributed by atoms with van der Waals surface area (Å²) in [6.07, 6.45) is 1.50. The van der Waals surface area contributed by atoms with E-state index >= 15 is 0 Å². The highest BCUT2D eigenvalue weighted by molar-refractivity contribution is 5.84. The fourth-order valence-electron chi connectivity index (χ4n) is 4.89. The average molecular weight is 445 g/mol. The summed E-state index contributed by atoms with van der Waals surface area (Å²) in [5.41, 5.74) is 3.63. The molecule has 5 nitrogen and oxygen atoms in total. The minimum absolute atomic E-state index is 0.0387. The van der Waals surface area contributed by atoms with Gasteiger partial charge in [0.1, 0.15) is 11.6 Å². The molecule has 1 N–H and O–H groups in total. The number of amides is 1. The molecule has 2 aliphatic rings. The van der Waals surface area contributed by atoms with Crippen molar-refractivity contribution < 1.29 is 23.8 Å². The zero-order valence-corrected chi connectivity index (χ0v) is 18.0. The van der Waals surface area contributed by atoms with Crippen LogP contribution in [0.15, 0.2) is 72.8 Å². The van der Waals surface area contributed by atoms with Crippen LogP contribution in [0.25, 0.3) is 0 Å². The lowest BCUT2D eigenvalue weighted by atomic mass is 9.87. The molecular weight excluding hydrogens is 421 g/mol. The number of nitrogens with zero attached hydrogens (tertiary/aromatic N) is 1. The summed E-state index contributed by atoms with van der Waals surface area (Å²) in [6, 6.07) is 21.3. The quantitative estimate of drug-likeness (QED) is 0.604. The van der Waals surface area contributed by atoms with Gasteiger partial charge in [-0.25, -0.2) is 9.18 Å². The molecule has 33 heavy (non-hydrogen) atoms. The molecule has 3 aromatic rings. The van der Waals surface area contributed by atoms with Crippen LogP contribution >= 0.6 is 0 Å². The van der Waals surface area contributed by atoms with E-state index in [0.29, 0.717) is 18.5 Å². The monoisotopic (exact) mass is 445 g/mol. The molecule has 1 fully saturated rings. The summed E-state index contributed by atoms with van der Waals surface area (Å²) in [7, 11) is 0. The molecule has 1 aliphatic carbocycles. The van der Waals surface area contributed by atoms with Crippen molar-refractivity contribution >= 4 is 11.9 Å². The van der Waals surface area contributed by atoms with Gasteiger partial charge < -0.3 is 14.7 Å². The Morgan fingerprint density at radius 1 is 1.00 bits per heavy atom. The number of aliphatic carboxylic acids is 1. The number of carbonyl (C=O) groups is 2. The highest BCUT2D eigenvalue weighted by atomic mass is 19.1. The maximum Gasteiger partial charge on any atom is 0.341 e. The van der Waals surface area contributed by atoms with Gasteiger partial charge in [0.15, 0.2) is 6.61 Å². The predicted molar refractivity (Wildman–Crippen MR) is 121 cm³/mol. The van der Waals surface area contributed by atoms with Crippen molar-refractivity contribution in [2.45, 2.75) is 24.8 Å². The summed E-state index contributed by atoms with van der Waals surface area (Å²) in [5.74, 6) is -1.20. The molecule has 168 valence electrons. The number of hydrogen-bond donors (Lipinski definition) is 1. The van der Waals surface area contributed by atoms with Gasteiger partial charge in [0.2, 0.25) is 5.91 Å². The summed E-state index contributed by atoms with van der Waals surface area (Å²) < 4.78 is 19.9. The van der Waals surface area contributed by atoms with Crippen molar-refractivity contribution in [1.82, 2.24) is 4.90 Å². The second-order valence-corrected chi connectivity index (χ2v) is 8.61. The number of benzene rings is 3. The molecule has 0 spiro atoms. The van der Waals surface area contributed by atoms with Crippen molar-refractivity contribution in [3.05, 3.63) is 101 Å². The van der Waals surface area contributed by atoms with E-state index in [9.17, 15) is 14.0 Å². The van der Waals surface area contributed by atoms with E-state index in [2.05, 4.69) is 0 Å². The lowest BCUT2D eigenvalue weighted by molar-refractivity contribution is -0.139. The van der Waals surface area contributed by atoms with Crippen LogP contribution in [0, 0.1) is 11.7 Å². The number of ether oxygens (including phenoxy) is 1. The molecule has 1 heterocycles. The number of hydrogen-bond acceptors (Lipinski definition) is 3. The molecule has 6 heteroatoms. The van der Waals surface area contributed by atoms with E-state index in [4.69, 9.17) is 9.84 Å². The minimum atomic E-state index is -1.12. The summed E-state index contributed by atoms with van der Waals surface area (Å²) in [6.45, 7) is -0.0347. The highest BCUT2D eigenvalue weighted by Crippen LogP contribution is 2.50. The number of carbonyl (C=O) groups excluding carboxylic acids is 1. The second kappa shape index (κ2) is 8.70.